The smallest absolute Gasteiger partial charge is 0.275 e. The van der Waals surface area contributed by atoms with Crippen LogP contribution in [0, 0.1) is 13.8 Å². The van der Waals surface area contributed by atoms with Crippen LogP contribution < -0.4 is 10.1 Å². The minimum Gasteiger partial charge on any atom is -0.457 e. The van der Waals surface area contributed by atoms with E-state index in [0.717, 1.165) is 28.1 Å². The number of ether oxygens (including phenoxy) is 1. The van der Waals surface area contributed by atoms with Gasteiger partial charge in [0.25, 0.3) is 5.91 Å². The summed E-state index contributed by atoms with van der Waals surface area (Å²) in [5.41, 5.74) is 4.54. The summed E-state index contributed by atoms with van der Waals surface area (Å²) in [6, 6.07) is 18.8. The van der Waals surface area contributed by atoms with E-state index in [4.69, 9.17) is 16.3 Å². The summed E-state index contributed by atoms with van der Waals surface area (Å²) in [5, 5.41) is 3.47. The maximum atomic E-state index is 12.3. The molecule has 4 rings (SSSR count). The average molecular weight is 377 g/mol. The fourth-order valence-electron chi connectivity index (χ4n) is 2.98. The van der Waals surface area contributed by atoms with Crippen molar-refractivity contribution in [2.45, 2.75) is 13.8 Å². The molecule has 5 heteroatoms. The van der Waals surface area contributed by atoms with Crippen molar-refractivity contribution in [2.24, 2.45) is 4.99 Å². The lowest BCUT2D eigenvalue weighted by atomic mass is 10.1. The van der Waals surface area contributed by atoms with Gasteiger partial charge < -0.3 is 10.1 Å². The largest absolute Gasteiger partial charge is 0.457 e. The van der Waals surface area contributed by atoms with Crippen molar-refractivity contribution in [1.29, 1.82) is 0 Å². The van der Waals surface area contributed by atoms with Gasteiger partial charge in [0.05, 0.1) is 11.4 Å². The standard InChI is InChI=1S/C22H17ClN2O2/c1-13-4-3-5-17(12-13)27-16-8-6-15(7-9-16)24-21-18-10-11-19(23)14(2)20(18)25-22(21)26/h3-12H,1-2H3,(H,24,25,26). The van der Waals surface area contributed by atoms with Gasteiger partial charge in [0, 0.05) is 10.6 Å². The molecule has 0 unspecified atom stereocenters. The van der Waals surface area contributed by atoms with E-state index in [9.17, 15) is 4.79 Å². The van der Waals surface area contributed by atoms with E-state index in [-0.39, 0.29) is 5.91 Å². The average Bonchev–Trinajstić information content (AvgIpc) is 2.96. The number of hydrogen-bond donors (Lipinski definition) is 1. The molecule has 3 aromatic rings. The lowest BCUT2D eigenvalue weighted by Crippen LogP contribution is -2.13. The maximum Gasteiger partial charge on any atom is 0.275 e. The number of anilines is 1. The highest BCUT2D eigenvalue weighted by Crippen LogP contribution is 2.33. The van der Waals surface area contributed by atoms with E-state index in [1.54, 1.807) is 6.07 Å². The van der Waals surface area contributed by atoms with Gasteiger partial charge in [-0.2, -0.15) is 0 Å². The number of aryl methyl sites for hydroxylation is 1. The van der Waals surface area contributed by atoms with Crippen molar-refractivity contribution >= 4 is 34.6 Å². The third-order valence-electron chi connectivity index (χ3n) is 4.41. The summed E-state index contributed by atoms with van der Waals surface area (Å²) in [7, 11) is 0. The lowest BCUT2D eigenvalue weighted by molar-refractivity contribution is -0.110. The Balaban J connectivity index is 1.60. The van der Waals surface area contributed by atoms with Crippen molar-refractivity contribution in [3.63, 3.8) is 0 Å². The number of fused-ring (bicyclic) bond motifs is 1. The molecule has 1 heterocycles. The van der Waals surface area contributed by atoms with Gasteiger partial charge in [-0.05, 0) is 73.5 Å². The second-order valence-electron chi connectivity index (χ2n) is 6.42. The Kier molecular flexibility index (Phi) is 4.42. The molecule has 0 saturated heterocycles. The highest BCUT2D eigenvalue weighted by Gasteiger charge is 2.28. The Morgan fingerprint density at radius 1 is 0.963 bits per heavy atom. The first kappa shape index (κ1) is 17.3. The van der Waals surface area contributed by atoms with Gasteiger partial charge in [-0.3, -0.25) is 4.79 Å². The minimum atomic E-state index is -0.226. The van der Waals surface area contributed by atoms with Crippen LogP contribution in [-0.2, 0) is 4.79 Å². The van der Waals surface area contributed by atoms with Crippen molar-refractivity contribution in [3.05, 3.63) is 82.4 Å². The van der Waals surface area contributed by atoms with Gasteiger partial charge in [0.1, 0.15) is 17.2 Å². The fourth-order valence-corrected chi connectivity index (χ4v) is 3.14. The summed E-state index contributed by atoms with van der Waals surface area (Å²) < 4.78 is 5.85. The van der Waals surface area contributed by atoms with E-state index in [0.29, 0.717) is 22.2 Å². The number of carbonyl (C=O) groups is 1. The molecule has 0 aromatic heterocycles. The van der Waals surface area contributed by atoms with Gasteiger partial charge in [-0.1, -0.05) is 23.7 Å². The normalized spacial score (nSPS) is 14.2. The van der Waals surface area contributed by atoms with Crippen LogP contribution in [0.5, 0.6) is 11.5 Å². The zero-order chi connectivity index (χ0) is 19.0. The van der Waals surface area contributed by atoms with Gasteiger partial charge in [-0.15, -0.1) is 0 Å². The maximum absolute atomic E-state index is 12.3. The van der Waals surface area contributed by atoms with E-state index in [2.05, 4.69) is 10.3 Å². The monoisotopic (exact) mass is 376 g/mol. The van der Waals surface area contributed by atoms with Crippen LogP contribution in [0.4, 0.5) is 11.4 Å². The summed E-state index contributed by atoms with van der Waals surface area (Å²) >= 11 is 6.14. The minimum absolute atomic E-state index is 0.226. The molecule has 0 atom stereocenters. The Labute approximate surface area is 162 Å². The predicted octanol–water partition coefficient (Wildman–Crippen LogP) is 5.82. The first-order valence-corrected chi connectivity index (χ1v) is 8.93. The molecule has 0 bridgehead atoms. The molecule has 4 nitrogen and oxygen atoms in total. The second-order valence-corrected chi connectivity index (χ2v) is 6.83. The molecule has 3 aromatic carbocycles. The number of aliphatic imine (C=N–C) groups is 1. The summed E-state index contributed by atoms with van der Waals surface area (Å²) in [6.07, 6.45) is 0. The molecule has 0 aliphatic carbocycles. The first-order valence-electron chi connectivity index (χ1n) is 8.55. The van der Waals surface area contributed by atoms with Crippen LogP contribution >= 0.6 is 11.6 Å². The fraction of sp³-hybridized carbons (Fsp3) is 0.0909. The molecule has 0 spiro atoms. The molecule has 1 amide bonds. The Morgan fingerprint density at radius 3 is 2.48 bits per heavy atom. The summed E-state index contributed by atoms with van der Waals surface area (Å²) in [6.45, 7) is 3.90. The quantitative estimate of drug-likeness (QED) is 0.625. The molecule has 0 fully saturated rings. The van der Waals surface area contributed by atoms with Gasteiger partial charge in [-0.25, -0.2) is 4.99 Å². The molecular formula is C22H17ClN2O2. The number of rotatable bonds is 3. The highest BCUT2D eigenvalue weighted by atomic mass is 35.5. The second kappa shape index (κ2) is 6.89. The van der Waals surface area contributed by atoms with Gasteiger partial charge in [0.15, 0.2) is 0 Å². The third-order valence-corrected chi connectivity index (χ3v) is 4.82. The van der Waals surface area contributed by atoms with Crippen molar-refractivity contribution in [2.75, 3.05) is 5.32 Å². The van der Waals surface area contributed by atoms with Crippen LogP contribution in [0.25, 0.3) is 0 Å². The zero-order valence-electron chi connectivity index (χ0n) is 14.9. The molecule has 1 N–H and O–H groups in total. The summed E-state index contributed by atoms with van der Waals surface area (Å²) in [5.74, 6) is 1.27. The first-order chi connectivity index (χ1) is 13.0. The van der Waals surface area contributed by atoms with Gasteiger partial charge >= 0.3 is 0 Å². The Morgan fingerprint density at radius 2 is 1.74 bits per heavy atom. The number of carbonyl (C=O) groups excluding carboxylic acids is 1. The summed E-state index contributed by atoms with van der Waals surface area (Å²) in [4.78, 5) is 16.8. The highest BCUT2D eigenvalue weighted by molar-refractivity contribution is 6.54. The Bertz CT molecular complexity index is 1070. The van der Waals surface area contributed by atoms with E-state index in [1.807, 2.05) is 68.4 Å². The van der Waals surface area contributed by atoms with Crippen LogP contribution in [-0.4, -0.2) is 11.6 Å². The van der Waals surface area contributed by atoms with Crippen molar-refractivity contribution < 1.29 is 9.53 Å². The van der Waals surface area contributed by atoms with Crippen LogP contribution in [0.15, 0.2) is 65.7 Å². The van der Waals surface area contributed by atoms with E-state index in [1.165, 1.54) is 0 Å². The van der Waals surface area contributed by atoms with Crippen molar-refractivity contribution in [1.82, 2.24) is 0 Å². The molecule has 134 valence electrons. The molecule has 0 saturated carbocycles. The van der Waals surface area contributed by atoms with Crippen LogP contribution in [0.2, 0.25) is 5.02 Å². The number of benzene rings is 3. The van der Waals surface area contributed by atoms with Crippen LogP contribution in [0.3, 0.4) is 0 Å². The van der Waals surface area contributed by atoms with Crippen molar-refractivity contribution in [3.8, 4) is 11.5 Å². The number of halogens is 1. The SMILES string of the molecule is Cc1cccc(Oc2ccc(N=C3C(=O)Nc4c3ccc(Cl)c4C)cc2)c1. The topological polar surface area (TPSA) is 50.7 Å². The lowest BCUT2D eigenvalue weighted by Gasteiger charge is -2.06. The zero-order valence-corrected chi connectivity index (χ0v) is 15.7. The number of hydrogen-bond acceptors (Lipinski definition) is 3. The van der Waals surface area contributed by atoms with Gasteiger partial charge in [0.2, 0.25) is 0 Å². The molecule has 1 aliphatic rings. The van der Waals surface area contributed by atoms with E-state index < -0.39 is 0 Å². The van der Waals surface area contributed by atoms with E-state index >= 15 is 0 Å². The molecule has 0 radical (unpaired) electrons. The number of nitrogens with zero attached hydrogens (tertiary/aromatic N) is 1. The molecule has 27 heavy (non-hydrogen) atoms. The predicted molar refractivity (Wildman–Crippen MR) is 109 cm³/mol. The molecule has 1 aliphatic heterocycles. The number of amides is 1. The third kappa shape index (κ3) is 3.44. The molecular weight excluding hydrogens is 360 g/mol. The van der Waals surface area contributed by atoms with Crippen LogP contribution in [0.1, 0.15) is 16.7 Å². The Hall–Kier alpha value is -3.11. The number of nitrogens with one attached hydrogen (secondary N) is 1.